The number of H-pyrrole nitrogens is 2. The Bertz CT molecular complexity index is 7010. The molecule has 0 unspecified atom stereocenters. The molecule has 43 heteroatoms. The average Bonchev–Trinajstić information content (AvgIpc) is 1.63. The van der Waals surface area contributed by atoms with Crippen LogP contribution in [0.4, 0.5) is 23.3 Å². The second-order valence-corrected chi connectivity index (χ2v) is 43.5. The highest BCUT2D eigenvalue weighted by Gasteiger charge is 2.43. The number of halogens is 8. The number of carbonyl (C=O) groups is 1. The molecule has 9 atom stereocenters. The number of nitrogens with zero attached hydrogens (tertiary/aromatic N) is 30. The van der Waals surface area contributed by atoms with Crippen LogP contribution in [0, 0.1) is 92.7 Å². The summed E-state index contributed by atoms with van der Waals surface area (Å²) < 4.78 is 6.94. The van der Waals surface area contributed by atoms with Gasteiger partial charge in [0.2, 0.25) is 5.91 Å². The second-order valence-electron chi connectivity index (χ2n) is 40.1. The third-order valence-corrected chi connectivity index (χ3v) is 33.0. The first-order valence-electron chi connectivity index (χ1n) is 50.4. The van der Waals surface area contributed by atoms with Crippen LogP contribution in [0.25, 0.3) is 44.7 Å². The number of nitriles is 4. The maximum Gasteiger partial charge on any atom is 0.217 e. The number of amides is 1. The topological polar surface area (TPSA) is 416 Å². The van der Waals surface area contributed by atoms with Crippen LogP contribution in [-0.2, 0) is 17.9 Å². The number of rotatable bonds is 27. The molecule has 147 heavy (non-hydrogen) atoms. The summed E-state index contributed by atoms with van der Waals surface area (Å²) in [4.78, 5) is 83.3. The molecule has 22 rings (SSSR count). The second kappa shape index (κ2) is 46.2. The lowest BCUT2D eigenvalue weighted by Gasteiger charge is -2.48. The summed E-state index contributed by atoms with van der Waals surface area (Å²) in [5.41, 5.74) is 14.0. The van der Waals surface area contributed by atoms with Gasteiger partial charge in [0.1, 0.15) is 81.3 Å². The molecule has 8 aliphatic heterocycles. The Morgan fingerprint density at radius 1 is 0.401 bits per heavy atom. The molecule has 0 radical (unpaired) electrons. The van der Waals surface area contributed by atoms with Gasteiger partial charge in [0.25, 0.3) is 0 Å². The molecule has 5 N–H and O–H groups in total. The lowest BCUT2D eigenvalue weighted by molar-refractivity contribution is -0.118. The van der Waals surface area contributed by atoms with Gasteiger partial charge >= 0.3 is 0 Å². The van der Waals surface area contributed by atoms with E-state index in [0.29, 0.717) is 145 Å². The molecule has 0 aliphatic carbocycles. The van der Waals surface area contributed by atoms with Gasteiger partial charge in [0, 0.05) is 163 Å². The summed E-state index contributed by atoms with van der Waals surface area (Å²) in [5, 5.41) is 70.4. The van der Waals surface area contributed by atoms with Crippen molar-refractivity contribution in [2.24, 2.45) is 53.1 Å². The third-order valence-electron chi connectivity index (χ3n) is 30.7. The SMILES string of the molecule is C[C@H](c1ccc(Cl)cc1Cl)n1nc(C#N)c2ncc(N3CC([C@@H]4CCCN(CCCC(N)=O)C4)C3)nc21.C[C@H](c1ccc(Cl)cc1Cl)n1nc(C#N)c2ncc(N3CC([C@@H]4CCCN(Cc5ncc[nH]5)C4)C3)nc21.C[C@H](c1ccc(Cl)cc1Cl)n1nc(C#N)c2ncc(N3CC([C@H]4CCCN(Cc5ncc[nH]5)C4)C3)nc21.C[C@H](c1ccc(Cl)cc1Cl)n1nc(C#N)c2ncc(N3CC([C@H]4CCCN([C@@H](C)CCO)C4)C3)nc21. The Morgan fingerprint density at radius 2 is 0.694 bits per heavy atom. The molecule has 14 aromatic rings. The normalized spacial score (nSPS) is 19.9. The van der Waals surface area contributed by atoms with Gasteiger partial charge in [-0.3, -0.25) is 14.6 Å². The number of anilines is 4. The lowest BCUT2D eigenvalue weighted by atomic mass is 9.80. The van der Waals surface area contributed by atoms with Crippen molar-refractivity contribution in [3.63, 3.8) is 0 Å². The van der Waals surface area contributed by atoms with Crippen LogP contribution in [0.2, 0.25) is 40.2 Å². The van der Waals surface area contributed by atoms with Gasteiger partial charge in [-0.1, -0.05) is 117 Å². The summed E-state index contributed by atoms with van der Waals surface area (Å²) in [6, 6.07) is 29.5. The molecule has 8 aliphatic rings. The Morgan fingerprint density at radius 3 is 0.973 bits per heavy atom. The van der Waals surface area contributed by atoms with Gasteiger partial charge in [0.15, 0.2) is 45.4 Å². The predicted molar refractivity (Wildman–Crippen MR) is 570 cm³/mol. The first-order valence-corrected chi connectivity index (χ1v) is 53.4. The van der Waals surface area contributed by atoms with Gasteiger partial charge in [-0.25, -0.2) is 68.6 Å². The highest BCUT2D eigenvalue weighted by molar-refractivity contribution is 6.37. The first kappa shape index (κ1) is 104. The van der Waals surface area contributed by atoms with Crippen molar-refractivity contribution in [1.29, 1.82) is 21.0 Å². The number of benzene rings is 4. The van der Waals surface area contributed by atoms with E-state index in [0.717, 1.165) is 194 Å². The summed E-state index contributed by atoms with van der Waals surface area (Å²) in [7, 11) is 0. The third kappa shape index (κ3) is 23.0. The molecule has 0 bridgehead atoms. The zero-order valence-corrected chi connectivity index (χ0v) is 88.4. The van der Waals surface area contributed by atoms with Crippen LogP contribution >= 0.6 is 92.8 Å². The van der Waals surface area contributed by atoms with Crippen molar-refractivity contribution in [2.75, 3.05) is 137 Å². The summed E-state index contributed by atoms with van der Waals surface area (Å²) in [6.07, 6.45) is 26.3. The van der Waals surface area contributed by atoms with Gasteiger partial charge in [-0.2, -0.15) is 41.4 Å². The lowest BCUT2D eigenvalue weighted by Crippen LogP contribution is -2.54. The van der Waals surface area contributed by atoms with E-state index in [4.69, 9.17) is 118 Å². The number of aromatic amines is 2. The highest BCUT2D eigenvalue weighted by atomic mass is 35.5. The Hall–Kier alpha value is -11.8. The fraction of sp³-hybridized carbons (Fsp3) is 0.471. The van der Waals surface area contributed by atoms with Crippen molar-refractivity contribution >= 4 is 167 Å². The number of aliphatic hydroxyl groups excluding tert-OH is 1. The zero-order valence-electron chi connectivity index (χ0n) is 82.3. The predicted octanol–water partition coefficient (Wildman–Crippen LogP) is 17.9. The standard InChI is InChI=1S/2C26H27Cl2N9.C26H30Cl2N8O.C26H31Cl2N7O/c2*1-16(20-5-4-19(27)9-21(20)28)37-26-25(22(10-29)34-37)32-11-24(33-26)36-13-18(14-36)17-3-2-8-35(12-17)15-23-30-6-7-31-23;1-16(20-7-6-19(27)10-21(20)28)36-26-25(22(11-29)33-36)31-12-24(32-26)35-14-18(15-35)17-4-2-8-34(13-17)9-3-5-23(30)37;1-16(7-9-36)33-8-3-4-18(13-33)19-14-34(15-19)24-12-30-25-23(11-29)32-35(26(25)31-24)17(2)21-6-5-20(27)10-22(21)28/h2*4-7,9,11,16-18H,2-3,8,12-15H2,1H3,(H,30,31);6-7,10,12,16-18H,2-5,8-9,13-15H2,1H3,(H2,30,37);5-6,10,12,16-19,36H,3-4,7-9,13-15H2,1-2H3/t16-,17+;2*16-,17-;16-,17+,18-/m1110/s1. The molecule has 8 saturated heterocycles. The van der Waals surface area contributed by atoms with Gasteiger partial charge in [-0.15, -0.1) is 0 Å². The molecular weight excluding hydrogens is 2030 g/mol. The molecule has 4 aromatic carbocycles. The molecule has 35 nitrogen and oxygen atoms in total. The van der Waals surface area contributed by atoms with E-state index < -0.39 is 0 Å². The van der Waals surface area contributed by atoms with E-state index in [-0.39, 0.29) is 59.5 Å². The van der Waals surface area contributed by atoms with Crippen LogP contribution in [0.5, 0.6) is 0 Å². The molecule has 764 valence electrons. The Balaban J connectivity index is 0.000000123. The molecular formula is C104H115Cl8N33O2. The number of imidazole rings is 2. The number of hydrogen-bond donors (Lipinski definition) is 4. The van der Waals surface area contributed by atoms with Gasteiger partial charge < -0.3 is 50.2 Å². The van der Waals surface area contributed by atoms with Crippen LogP contribution in [-0.4, -0.2) is 253 Å². The number of nitrogens with one attached hydrogen (secondary N) is 2. The van der Waals surface area contributed by atoms with E-state index in [9.17, 15) is 30.9 Å². The van der Waals surface area contributed by atoms with Gasteiger partial charge in [0.05, 0.1) is 62.0 Å². The van der Waals surface area contributed by atoms with E-state index in [1.807, 2.05) is 76.7 Å². The maximum absolute atomic E-state index is 11.1. The van der Waals surface area contributed by atoms with Crippen molar-refractivity contribution in [3.8, 4) is 24.3 Å². The quantitative estimate of drug-likeness (QED) is 0.0371. The summed E-state index contributed by atoms with van der Waals surface area (Å²) in [5.74, 6) is 10.2. The molecule has 10 aromatic heterocycles. The van der Waals surface area contributed by atoms with E-state index in [2.05, 4.69) is 131 Å². The summed E-state index contributed by atoms with van der Waals surface area (Å²) >= 11 is 50.2. The largest absolute Gasteiger partial charge is 0.396 e. The number of likely N-dealkylation sites (tertiary alicyclic amines) is 4. The van der Waals surface area contributed by atoms with E-state index in [1.54, 1.807) is 92.0 Å². The van der Waals surface area contributed by atoms with E-state index >= 15 is 0 Å². The van der Waals surface area contributed by atoms with Crippen LogP contribution < -0.4 is 25.3 Å². The van der Waals surface area contributed by atoms with E-state index in [1.165, 1.54) is 51.4 Å². The monoisotopic (exact) mass is 2140 g/mol. The first-order chi connectivity index (χ1) is 71.2. The molecule has 0 saturated carbocycles. The maximum atomic E-state index is 11.1. The number of primary amides is 1. The van der Waals surface area contributed by atoms with Crippen molar-refractivity contribution in [3.05, 3.63) is 219 Å². The molecule has 0 spiro atoms. The number of aliphatic hydroxyl groups is 1. The smallest absolute Gasteiger partial charge is 0.217 e. The zero-order chi connectivity index (χ0) is 103. The van der Waals surface area contributed by atoms with Crippen molar-refractivity contribution in [2.45, 2.75) is 149 Å². The van der Waals surface area contributed by atoms with Crippen molar-refractivity contribution in [1.82, 2.24) is 119 Å². The number of aromatic nitrogens is 20. The number of piperidine rings is 4. The van der Waals surface area contributed by atoms with Crippen LogP contribution in [0.1, 0.15) is 186 Å². The molecule has 18 heterocycles. The average molecular weight is 2140 g/mol. The number of fused-ring (bicyclic) bond motifs is 4. The molecule has 8 fully saturated rings. The van der Waals surface area contributed by atoms with Crippen molar-refractivity contribution < 1.29 is 9.90 Å². The fourth-order valence-electron chi connectivity index (χ4n) is 22.3. The Labute approximate surface area is 892 Å². The van der Waals surface area contributed by atoms with Crippen LogP contribution in [0.15, 0.2) is 122 Å². The highest BCUT2D eigenvalue weighted by Crippen LogP contribution is 2.44. The fourth-order valence-corrected chi connectivity index (χ4v) is 24.5. The Kier molecular flexibility index (Phi) is 32.6. The number of carbonyl (C=O) groups excluding carboxylic acids is 1. The van der Waals surface area contributed by atoms with Crippen LogP contribution in [0.3, 0.4) is 0 Å². The number of nitrogens with two attached hydrogens (primary N) is 1. The van der Waals surface area contributed by atoms with Gasteiger partial charge in [-0.05, 0) is 250 Å². The minimum absolute atomic E-state index is 0.227. The summed E-state index contributed by atoms with van der Waals surface area (Å²) in [6.45, 7) is 29.5. The minimum Gasteiger partial charge on any atom is -0.396 e. The number of hydrogen-bond acceptors (Lipinski definition) is 28. The minimum atomic E-state index is -0.258. The molecule has 1 amide bonds.